The zero-order chi connectivity index (χ0) is 21.2. The largest absolute Gasteiger partial charge is 0.213 e. The van der Waals surface area contributed by atoms with Gasteiger partial charge < -0.3 is 0 Å². The Balaban J connectivity index is 1.74. The second kappa shape index (κ2) is 8.51. The molecule has 0 radical (unpaired) electrons. The molecule has 4 aromatic rings. The van der Waals surface area contributed by atoms with Crippen molar-refractivity contribution in [1.82, 2.24) is 0 Å². The Labute approximate surface area is 186 Å². The van der Waals surface area contributed by atoms with Gasteiger partial charge in [-0.1, -0.05) is 77.9 Å². The molecule has 0 bridgehead atoms. The third kappa shape index (κ3) is 4.05. The van der Waals surface area contributed by atoms with Gasteiger partial charge >= 0.3 is 0 Å². The molecule has 0 amide bonds. The van der Waals surface area contributed by atoms with Crippen LogP contribution < -0.4 is 4.57 Å². The van der Waals surface area contributed by atoms with Gasteiger partial charge in [0.05, 0.1) is 0 Å². The molecular formula is C30H30N+. The summed E-state index contributed by atoms with van der Waals surface area (Å²) in [5.41, 5.74) is 12.4. The Morgan fingerprint density at radius 3 is 2.03 bits per heavy atom. The Morgan fingerprint density at radius 1 is 0.677 bits per heavy atom. The molecule has 0 unspecified atom stereocenters. The quantitative estimate of drug-likeness (QED) is 0.327. The minimum absolute atomic E-state index is 0.918. The van der Waals surface area contributed by atoms with Gasteiger partial charge in [0.15, 0.2) is 12.2 Å². The van der Waals surface area contributed by atoms with Gasteiger partial charge in [-0.05, 0) is 56.4 Å². The topological polar surface area (TPSA) is 3.88 Å². The zero-order valence-electron chi connectivity index (χ0n) is 18.6. The van der Waals surface area contributed by atoms with Gasteiger partial charge in [-0.25, -0.2) is 0 Å². The van der Waals surface area contributed by atoms with Gasteiger partial charge in [0.2, 0.25) is 5.69 Å². The number of fused-ring (bicyclic) bond motifs is 1. The summed E-state index contributed by atoms with van der Waals surface area (Å²) in [7, 11) is 0. The summed E-state index contributed by atoms with van der Waals surface area (Å²) in [6, 6.07) is 31.4. The van der Waals surface area contributed by atoms with Crippen molar-refractivity contribution in [3.8, 4) is 22.4 Å². The second-order valence-corrected chi connectivity index (χ2v) is 8.88. The molecule has 31 heavy (non-hydrogen) atoms. The van der Waals surface area contributed by atoms with Crippen molar-refractivity contribution < 1.29 is 4.57 Å². The predicted molar refractivity (Wildman–Crippen MR) is 129 cm³/mol. The first-order valence-electron chi connectivity index (χ1n) is 11.5. The van der Waals surface area contributed by atoms with Crippen LogP contribution in [-0.4, -0.2) is 0 Å². The summed E-state index contributed by atoms with van der Waals surface area (Å²) in [6.07, 6.45) is 4.87. The molecule has 0 spiro atoms. The van der Waals surface area contributed by atoms with E-state index in [4.69, 9.17) is 0 Å². The minimum Gasteiger partial charge on any atom is -0.191 e. The molecule has 1 heterocycles. The fourth-order valence-electron chi connectivity index (χ4n) is 4.82. The molecule has 3 aromatic carbocycles. The van der Waals surface area contributed by atoms with Gasteiger partial charge in [0.25, 0.3) is 0 Å². The molecule has 1 aliphatic carbocycles. The number of aromatic nitrogens is 1. The summed E-state index contributed by atoms with van der Waals surface area (Å²) < 4.78 is 2.59. The first-order valence-corrected chi connectivity index (χ1v) is 11.5. The number of hydrogen-bond donors (Lipinski definition) is 0. The van der Waals surface area contributed by atoms with Gasteiger partial charge in [0, 0.05) is 29.2 Å². The molecule has 5 rings (SSSR count). The lowest BCUT2D eigenvalue weighted by Gasteiger charge is -2.21. The Hall–Kier alpha value is -3.19. The van der Waals surface area contributed by atoms with Crippen molar-refractivity contribution in [3.05, 3.63) is 113 Å². The second-order valence-electron chi connectivity index (χ2n) is 8.88. The van der Waals surface area contributed by atoms with E-state index in [9.17, 15) is 0 Å². The zero-order valence-corrected chi connectivity index (χ0v) is 18.6. The highest BCUT2D eigenvalue weighted by atomic mass is 15.0. The highest BCUT2D eigenvalue weighted by molar-refractivity contribution is 5.73. The normalized spacial score (nSPS) is 13.1. The van der Waals surface area contributed by atoms with Crippen LogP contribution in [-0.2, 0) is 19.4 Å². The van der Waals surface area contributed by atoms with E-state index < -0.39 is 0 Å². The van der Waals surface area contributed by atoms with Crippen LogP contribution in [0.1, 0.15) is 40.8 Å². The average Bonchev–Trinajstić information content (AvgIpc) is 2.82. The van der Waals surface area contributed by atoms with E-state index in [1.54, 1.807) is 5.56 Å². The Morgan fingerprint density at radius 2 is 1.32 bits per heavy atom. The molecule has 154 valence electrons. The molecule has 1 nitrogen and oxygen atoms in total. The van der Waals surface area contributed by atoms with Gasteiger partial charge in [-0.3, -0.25) is 0 Å². The minimum atomic E-state index is 0.918. The average molecular weight is 405 g/mol. The van der Waals surface area contributed by atoms with E-state index in [0.29, 0.717) is 0 Å². The van der Waals surface area contributed by atoms with Crippen molar-refractivity contribution in [2.75, 3.05) is 0 Å². The van der Waals surface area contributed by atoms with Crippen molar-refractivity contribution in [1.29, 1.82) is 0 Å². The molecule has 0 saturated heterocycles. The standard InChI is InChI=1S/C30H30N/c1-22-12-16-24(17-13-22)21-31-29-11-7-6-10-27(29)28(25-18-14-23(2)15-19-25)20-30(31)26-8-4-3-5-9-26/h3-5,8-9,12-20H,6-7,10-11,21H2,1-2H3/q+1. The van der Waals surface area contributed by atoms with E-state index in [1.165, 1.54) is 64.0 Å². The molecule has 1 heteroatoms. The van der Waals surface area contributed by atoms with Crippen LogP contribution in [0.15, 0.2) is 84.9 Å². The Bertz CT molecular complexity index is 1190. The number of hydrogen-bond acceptors (Lipinski definition) is 0. The first-order chi connectivity index (χ1) is 15.2. The van der Waals surface area contributed by atoms with E-state index in [-0.39, 0.29) is 0 Å². The van der Waals surface area contributed by atoms with E-state index in [2.05, 4.69) is 103 Å². The van der Waals surface area contributed by atoms with Crippen LogP contribution in [0.2, 0.25) is 0 Å². The van der Waals surface area contributed by atoms with Gasteiger partial charge in [-0.15, -0.1) is 0 Å². The summed E-state index contributed by atoms with van der Waals surface area (Å²) >= 11 is 0. The molecule has 0 fully saturated rings. The lowest BCUT2D eigenvalue weighted by Crippen LogP contribution is -2.43. The maximum Gasteiger partial charge on any atom is 0.213 e. The van der Waals surface area contributed by atoms with Crippen LogP contribution in [0.4, 0.5) is 0 Å². The molecule has 1 aromatic heterocycles. The van der Waals surface area contributed by atoms with Gasteiger partial charge in [0.1, 0.15) is 0 Å². The van der Waals surface area contributed by atoms with E-state index >= 15 is 0 Å². The summed E-state index contributed by atoms with van der Waals surface area (Å²) in [4.78, 5) is 0. The molecule has 1 aliphatic rings. The number of nitrogens with zero attached hydrogens (tertiary/aromatic N) is 1. The van der Waals surface area contributed by atoms with Crippen molar-refractivity contribution in [3.63, 3.8) is 0 Å². The molecule has 0 N–H and O–H groups in total. The maximum atomic E-state index is 2.59. The van der Waals surface area contributed by atoms with E-state index in [0.717, 1.165) is 13.0 Å². The molecule has 0 saturated carbocycles. The number of pyridine rings is 1. The lowest BCUT2D eigenvalue weighted by molar-refractivity contribution is -0.685. The maximum absolute atomic E-state index is 2.59. The number of aryl methyl sites for hydroxylation is 2. The summed E-state index contributed by atoms with van der Waals surface area (Å²) in [5.74, 6) is 0. The van der Waals surface area contributed by atoms with Crippen LogP contribution in [0.5, 0.6) is 0 Å². The van der Waals surface area contributed by atoms with Crippen molar-refractivity contribution in [2.45, 2.75) is 46.1 Å². The lowest BCUT2D eigenvalue weighted by atomic mass is 9.87. The molecule has 0 aliphatic heterocycles. The Kier molecular flexibility index (Phi) is 5.42. The van der Waals surface area contributed by atoms with Gasteiger partial charge in [-0.2, -0.15) is 4.57 Å². The third-order valence-corrected chi connectivity index (χ3v) is 6.55. The summed E-state index contributed by atoms with van der Waals surface area (Å²) in [6.45, 7) is 5.24. The van der Waals surface area contributed by atoms with Crippen LogP contribution >= 0.6 is 0 Å². The first kappa shape index (κ1) is 19.8. The van der Waals surface area contributed by atoms with Crippen molar-refractivity contribution in [2.24, 2.45) is 0 Å². The highest BCUT2D eigenvalue weighted by Crippen LogP contribution is 2.33. The monoisotopic (exact) mass is 404 g/mol. The number of benzene rings is 3. The van der Waals surface area contributed by atoms with Crippen LogP contribution in [0.3, 0.4) is 0 Å². The summed E-state index contributed by atoms with van der Waals surface area (Å²) in [5, 5.41) is 0. The molecular weight excluding hydrogens is 374 g/mol. The predicted octanol–water partition coefficient (Wildman–Crippen LogP) is 6.85. The van der Waals surface area contributed by atoms with Crippen molar-refractivity contribution >= 4 is 0 Å². The van der Waals surface area contributed by atoms with Crippen LogP contribution in [0, 0.1) is 13.8 Å². The highest BCUT2D eigenvalue weighted by Gasteiger charge is 2.28. The SMILES string of the molecule is Cc1ccc(C[n+]2c(-c3ccccc3)cc(-c3ccc(C)cc3)c3c2CCCC3)cc1. The third-order valence-electron chi connectivity index (χ3n) is 6.55. The van der Waals surface area contributed by atoms with E-state index in [1.807, 2.05) is 0 Å². The van der Waals surface area contributed by atoms with Crippen LogP contribution in [0.25, 0.3) is 22.4 Å². The fourth-order valence-corrected chi connectivity index (χ4v) is 4.82. The number of rotatable bonds is 4. The smallest absolute Gasteiger partial charge is 0.191 e. The molecule has 0 atom stereocenters. The fraction of sp³-hybridized carbons (Fsp3) is 0.233.